The van der Waals surface area contributed by atoms with E-state index in [0.717, 1.165) is 5.56 Å². The van der Waals surface area contributed by atoms with Crippen LogP contribution in [0.15, 0.2) is 12.3 Å². The first kappa shape index (κ1) is 9.98. The van der Waals surface area contributed by atoms with Crippen LogP contribution in [-0.2, 0) is 10.1 Å². The molecular weight excluding hydrogens is 236 g/mol. The van der Waals surface area contributed by atoms with Gasteiger partial charge in [-0.1, -0.05) is 15.9 Å². The number of nitrogens with two attached hydrogens (primary N) is 1. The van der Waals surface area contributed by atoms with Gasteiger partial charge in [-0.05, 0) is 11.6 Å². The van der Waals surface area contributed by atoms with Crippen LogP contribution in [0.5, 0.6) is 0 Å². The Morgan fingerprint density at radius 1 is 1.77 bits per heavy atom. The SMILES string of the molecule is COC(=O)c1cc(N)ncc1CBr. The van der Waals surface area contributed by atoms with Crippen molar-refractivity contribution in [1.82, 2.24) is 4.98 Å². The van der Waals surface area contributed by atoms with E-state index in [0.29, 0.717) is 16.7 Å². The van der Waals surface area contributed by atoms with Crippen LogP contribution in [-0.4, -0.2) is 18.1 Å². The molecule has 2 N–H and O–H groups in total. The quantitative estimate of drug-likeness (QED) is 0.630. The standard InChI is InChI=1S/C8H9BrN2O2/c1-13-8(12)6-2-7(10)11-4-5(6)3-9/h2,4H,3H2,1H3,(H2,10,11). The predicted molar refractivity (Wildman–Crippen MR) is 52.6 cm³/mol. The highest BCUT2D eigenvalue weighted by Crippen LogP contribution is 2.14. The van der Waals surface area contributed by atoms with Crippen LogP contribution in [0, 0.1) is 0 Å². The van der Waals surface area contributed by atoms with Crippen molar-refractivity contribution in [3.63, 3.8) is 0 Å². The Morgan fingerprint density at radius 3 is 3.00 bits per heavy atom. The lowest BCUT2D eigenvalue weighted by atomic mass is 10.1. The zero-order valence-corrected chi connectivity index (χ0v) is 8.67. The van der Waals surface area contributed by atoms with Crippen molar-refractivity contribution in [2.24, 2.45) is 0 Å². The molecule has 70 valence electrons. The van der Waals surface area contributed by atoms with Gasteiger partial charge >= 0.3 is 5.97 Å². The molecule has 0 aromatic carbocycles. The molecule has 1 rings (SSSR count). The maximum atomic E-state index is 11.2. The summed E-state index contributed by atoms with van der Waals surface area (Å²) in [5.74, 6) is -0.0892. The summed E-state index contributed by atoms with van der Waals surface area (Å²) in [5, 5.41) is 0.546. The second kappa shape index (κ2) is 4.23. The number of carbonyl (C=O) groups is 1. The lowest BCUT2D eigenvalue weighted by Crippen LogP contribution is -2.06. The van der Waals surface area contributed by atoms with Crippen molar-refractivity contribution < 1.29 is 9.53 Å². The second-order valence-corrected chi connectivity index (χ2v) is 2.95. The first-order valence-electron chi connectivity index (χ1n) is 3.57. The lowest BCUT2D eigenvalue weighted by molar-refractivity contribution is 0.0600. The van der Waals surface area contributed by atoms with Crippen LogP contribution in [0.3, 0.4) is 0 Å². The van der Waals surface area contributed by atoms with Crippen molar-refractivity contribution in [3.05, 3.63) is 23.4 Å². The van der Waals surface area contributed by atoms with Gasteiger partial charge in [-0.25, -0.2) is 9.78 Å². The minimum Gasteiger partial charge on any atom is -0.465 e. The molecule has 1 aromatic heterocycles. The van der Waals surface area contributed by atoms with Gasteiger partial charge in [-0.3, -0.25) is 0 Å². The van der Waals surface area contributed by atoms with Crippen molar-refractivity contribution in [1.29, 1.82) is 0 Å². The van der Waals surface area contributed by atoms with Crippen LogP contribution in [0.25, 0.3) is 0 Å². The van der Waals surface area contributed by atoms with Gasteiger partial charge in [0.05, 0.1) is 12.7 Å². The van der Waals surface area contributed by atoms with E-state index in [-0.39, 0.29) is 0 Å². The number of carbonyl (C=O) groups excluding carboxylic acids is 1. The molecule has 0 saturated carbocycles. The van der Waals surface area contributed by atoms with Crippen molar-refractivity contribution in [2.75, 3.05) is 12.8 Å². The Labute approximate surface area is 84.2 Å². The maximum absolute atomic E-state index is 11.2. The van der Waals surface area contributed by atoms with Gasteiger partial charge in [-0.2, -0.15) is 0 Å². The number of halogens is 1. The number of rotatable bonds is 2. The smallest absolute Gasteiger partial charge is 0.338 e. The van der Waals surface area contributed by atoms with Gasteiger partial charge in [0.15, 0.2) is 0 Å². The molecule has 13 heavy (non-hydrogen) atoms. The van der Waals surface area contributed by atoms with Crippen LogP contribution in [0.1, 0.15) is 15.9 Å². The number of nitrogen functional groups attached to an aromatic ring is 1. The van der Waals surface area contributed by atoms with E-state index >= 15 is 0 Å². The first-order valence-corrected chi connectivity index (χ1v) is 4.70. The summed E-state index contributed by atoms with van der Waals surface area (Å²) < 4.78 is 4.59. The topological polar surface area (TPSA) is 65.2 Å². The summed E-state index contributed by atoms with van der Waals surface area (Å²) in [6.45, 7) is 0. The number of anilines is 1. The highest BCUT2D eigenvalue weighted by Gasteiger charge is 2.11. The zero-order chi connectivity index (χ0) is 9.84. The highest BCUT2D eigenvalue weighted by atomic mass is 79.9. The first-order chi connectivity index (χ1) is 6.19. The number of aromatic nitrogens is 1. The number of hydrogen-bond acceptors (Lipinski definition) is 4. The number of methoxy groups -OCH3 is 1. The van der Waals surface area contributed by atoms with Gasteiger partial charge in [0.2, 0.25) is 0 Å². The fourth-order valence-corrected chi connectivity index (χ4v) is 1.35. The molecule has 0 radical (unpaired) electrons. The summed E-state index contributed by atoms with van der Waals surface area (Å²) in [6, 6.07) is 1.50. The second-order valence-electron chi connectivity index (χ2n) is 2.39. The maximum Gasteiger partial charge on any atom is 0.338 e. The van der Waals surface area contributed by atoms with E-state index in [2.05, 4.69) is 25.7 Å². The third-order valence-corrected chi connectivity index (χ3v) is 2.16. The van der Waals surface area contributed by atoms with Gasteiger partial charge < -0.3 is 10.5 Å². The van der Waals surface area contributed by atoms with Gasteiger partial charge in [0.25, 0.3) is 0 Å². The minimum absolute atomic E-state index is 0.310. The minimum atomic E-state index is -0.399. The largest absolute Gasteiger partial charge is 0.465 e. The van der Waals surface area contributed by atoms with Crippen LogP contribution in [0.2, 0.25) is 0 Å². The van der Waals surface area contributed by atoms with E-state index in [9.17, 15) is 4.79 Å². The Hall–Kier alpha value is -1.10. The molecule has 1 heterocycles. The summed E-state index contributed by atoms with van der Waals surface area (Å²) in [5.41, 5.74) is 6.66. The molecule has 0 aliphatic rings. The summed E-state index contributed by atoms with van der Waals surface area (Å²) in [6.07, 6.45) is 1.55. The van der Waals surface area contributed by atoms with Crippen LogP contribution in [0.4, 0.5) is 5.82 Å². The zero-order valence-electron chi connectivity index (χ0n) is 7.08. The molecule has 4 nitrogen and oxygen atoms in total. The number of hydrogen-bond donors (Lipinski definition) is 1. The molecular formula is C8H9BrN2O2. The van der Waals surface area contributed by atoms with Crippen LogP contribution >= 0.6 is 15.9 Å². The molecule has 0 aliphatic heterocycles. The normalized spacial score (nSPS) is 9.69. The molecule has 1 aromatic rings. The predicted octanol–water partition coefficient (Wildman–Crippen LogP) is 1.35. The van der Waals surface area contributed by atoms with Crippen molar-refractivity contribution in [3.8, 4) is 0 Å². The van der Waals surface area contributed by atoms with Gasteiger partial charge in [0.1, 0.15) is 5.82 Å². The average molecular weight is 245 g/mol. The lowest BCUT2D eigenvalue weighted by Gasteiger charge is -2.04. The Balaban J connectivity index is 3.15. The van der Waals surface area contributed by atoms with Crippen LogP contribution < -0.4 is 5.73 Å². The molecule has 5 heteroatoms. The Morgan fingerprint density at radius 2 is 2.46 bits per heavy atom. The third-order valence-electron chi connectivity index (χ3n) is 1.56. The fourth-order valence-electron chi connectivity index (χ4n) is 0.906. The highest BCUT2D eigenvalue weighted by molar-refractivity contribution is 9.08. The summed E-state index contributed by atoms with van der Waals surface area (Å²) >= 11 is 3.24. The number of pyridine rings is 1. The molecule has 0 atom stereocenters. The molecule has 0 amide bonds. The van der Waals surface area contributed by atoms with Gasteiger partial charge in [0, 0.05) is 11.5 Å². The molecule has 0 fully saturated rings. The molecule has 0 spiro atoms. The summed E-state index contributed by atoms with van der Waals surface area (Å²) in [4.78, 5) is 15.1. The third kappa shape index (κ3) is 2.18. The number of ether oxygens (including phenoxy) is 1. The van der Waals surface area contributed by atoms with E-state index < -0.39 is 5.97 Å². The Kier molecular flexibility index (Phi) is 3.25. The Bertz CT molecular complexity index is 328. The summed E-state index contributed by atoms with van der Waals surface area (Å²) in [7, 11) is 1.33. The van der Waals surface area contributed by atoms with Crippen molar-refractivity contribution >= 4 is 27.7 Å². The van der Waals surface area contributed by atoms with E-state index in [4.69, 9.17) is 5.73 Å². The molecule has 0 saturated heterocycles. The van der Waals surface area contributed by atoms with E-state index in [1.165, 1.54) is 13.2 Å². The molecule has 0 aliphatic carbocycles. The average Bonchev–Trinajstić information content (AvgIpc) is 2.16. The van der Waals surface area contributed by atoms with Gasteiger partial charge in [-0.15, -0.1) is 0 Å². The number of alkyl halides is 1. The molecule has 0 unspecified atom stereocenters. The van der Waals surface area contributed by atoms with E-state index in [1.54, 1.807) is 6.20 Å². The van der Waals surface area contributed by atoms with E-state index in [1.807, 2.05) is 0 Å². The number of esters is 1. The fraction of sp³-hybridized carbons (Fsp3) is 0.250. The van der Waals surface area contributed by atoms with Crippen molar-refractivity contribution in [2.45, 2.75) is 5.33 Å². The monoisotopic (exact) mass is 244 g/mol. The number of nitrogens with zero attached hydrogens (tertiary/aromatic N) is 1. The molecule has 0 bridgehead atoms.